The van der Waals surface area contributed by atoms with Crippen molar-refractivity contribution in [1.82, 2.24) is 14.7 Å². The molecule has 0 saturated carbocycles. The molecule has 30 heavy (non-hydrogen) atoms. The van der Waals surface area contributed by atoms with Crippen molar-refractivity contribution in [2.75, 3.05) is 36.4 Å². The van der Waals surface area contributed by atoms with Crippen LogP contribution in [0.3, 0.4) is 0 Å². The smallest absolute Gasteiger partial charge is 0.321 e. The molecule has 0 spiro atoms. The standard InChI is InChI=1S/C21H19BrFN5O2/c22-17-3-1-2-4-18(17)24-21(30)27-13-11-26(12-14-27)19-9-10-20(29)28(25-19)16-7-5-15(23)6-8-16/h1-10H,11-14H2,(H,24,30). The average molecular weight is 472 g/mol. The van der Waals surface area contributed by atoms with Crippen LogP contribution in [0.2, 0.25) is 0 Å². The van der Waals surface area contributed by atoms with Gasteiger partial charge in [0, 0.05) is 36.7 Å². The molecule has 0 aliphatic carbocycles. The zero-order valence-electron chi connectivity index (χ0n) is 16.0. The molecule has 1 aliphatic rings. The molecule has 4 rings (SSSR count). The molecule has 0 atom stereocenters. The van der Waals surface area contributed by atoms with Crippen LogP contribution in [0.5, 0.6) is 0 Å². The first-order valence-electron chi connectivity index (χ1n) is 9.43. The third kappa shape index (κ3) is 4.35. The number of piperazine rings is 1. The maximum Gasteiger partial charge on any atom is 0.321 e. The van der Waals surface area contributed by atoms with Crippen LogP contribution in [0.15, 0.2) is 69.9 Å². The molecule has 0 radical (unpaired) electrons. The van der Waals surface area contributed by atoms with Gasteiger partial charge in [-0.05, 0) is 58.4 Å². The zero-order valence-corrected chi connectivity index (χ0v) is 17.5. The summed E-state index contributed by atoms with van der Waals surface area (Å²) < 4.78 is 15.3. The summed E-state index contributed by atoms with van der Waals surface area (Å²) in [5.74, 6) is 0.254. The summed E-state index contributed by atoms with van der Waals surface area (Å²) in [5, 5.41) is 7.33. The summed E-state index contributed by atoms with van der Waals surface area (Å²) in [6.45, 7) is 2.21. The highest BCUT2D eigenvalue weighted by atomic mass is 79.9. The van der Waals surface area contributed by atoms with Crippen LogP contribution in [-0.2, 0) is 0 Å². The summed E-state index contributed by atoms with van der Waals surface area (Å²) in [7, 11) is 0. The maximum absolute atomic E-state index is 13.2. The minimum absolute atomic E-state index is 0.161. The van der Waals surface area contributed by atoms with Crippen molar-refractivity contribution in [2.24, 2.45) is 0 Å². The SMILES string of the molecule is O=C(Nc1ccccc1Br)N1CCN(c2ccc(=O)n(-c3ccc(F)cc3)n2)CC1. The Morgan fingerprint density at radius 3 is 2.37 bits per heavy atom. The Bertz CT molecular complexity index is 1110. The highest BCUT2D eigenvalue weighted by Crippen LogP contribution is 2.22. The number of aromatic nitrogens is 2. The van der Waals surface area contributed by atoms with Crippen LogP contribution in [0.1, 0.15) is 0 Å². The molecule has 7 nitrogen and oxygen atoms in total. The second-order valence-corrected chi connectivity index (χ2v) is 7.66. The van der Waals surface area contributed by atoms with Gasteiger partial charge < -0.3 is 15.1 Å². The fraction of sp³-hybridized carbons (Fsp3) is 0.190. The molecule has 2 heterocycles. The number of hydrogen-bond donors (Lipinski definition) is 1. The summed E-state index contributed by atoms with van der Waals surface area (Å²) in [4.78, 5) is 28.5. The van der Waals surface area contributed by atoms with Crippen LogP contribution >= 0.6 is 15.9 Å². The lowest BCUT2D eigenvalue weighted by Gasteiger charge is -2.35. The Balaban J connectivity index is 1.43. The third-order valence-corrected chi connectivity index (χ3v) is 5.56. The van der Waals surface area contributed by atoms with Gasteiger partial charge in [0.1, 0.15) is 11.6 Å². The predicted molar refractivity (Wildman–Crippen MR) is 117 cm³/mol. The quantitative estimate of drug-likeness (QED) is 0.634. The number of nitrogens with one attached hydrogen (secondary N) is 1. The minimum Gasteiger partial charge on any atom is -0.352 e. The number of carbonyl (C=O) groups excluding carboxylic acids is 1. The molecular weight excluding hydrogens is 453 g/mol. The number of benzene rings is 2. The van der Waals surface area contributed by atoms with Gasteiger partial charge in [-0.25, -0.2) is 9.18 Å². The van der Waals surface area contributed by atoms with E-state index in [0.717, 1.165) is 10.2 Å². The Morgan fingerprint density at radius 1 is 0.967 bits per heavy atom. The number of para-hydroxylation sites is 1. The zero-order chi connectivity index (χ0) is 21.1. The Kier molecular flexibility index (Phi) is 5.80. The number of rotatable bonds is 3. The number of amides is 2. The number of halogens is 2. The van der Waals surface area contributed by atoms with E-state index in [9.17, 15) is 14.0 Å². The second-order valence-electron chi connectivity index (χ2n) is 6.80. The fourth-order valence-electron chi connectivity index (χ4n) is 3.23. The lowest BCUT2D eigenvalue weighted by atomic mass is 10.3. The van der Waals surface area contributed by atoms with Gasteiger partial charge >= 0.3 is 6.03 Å². The summed E-state index contributed by atoms with van der Waals surface area (Å²) >= 11 is 3.43. The van der Waals surface area contributed by atoms with Crippen LogP contribution in [0, 0.1) is 5.82 Å². The molecule has 1 saturated heterocycles. The van der Waals surface area contributed by atoms with Crippen molar-refractivity contribution in [3.05, 3.63) is 81.3 Å². The number of nitrogens with zero attached hydrogens (tertiary/aromatic N) is 4. The molecule has 2 amide bonds. The van der Waals surface area contributed by atoms with E-state index < -0.39 is 0 Å². The summed E-state index contributed by atoms with van der Waals surface area (Å²) in [6.07, 6.45) is 0. The molecule has 2 aromatic carbocycles. The van der Waals surface area contributed by atoms with Gasteiger partial charge in [-0.15, -0.1) is 5.10 Å². The normalized spacial score (nSPS) is 13.9. The van der Waals surface area contributed by atoms with Gasteiger partial charge in [-0.3, -0.25) is 4.79 Å². The molecule has 1 N–H and O–H groups in total. The molecule has 1 fully saturated rings. The van der Waals surface area contributed by atoms with E-state index in [-0.39, 0.29) is 17.4 Å². The van der Waals surface area contributed by atoms with E-state index >= 15 is 0 Å². The molecule has 1 aromatic heterocycles. The monoisotopic (exact) mass is 471 g/mol. The van der Waals surface area contributed by atoms with E-state index in [0.29, 0.717) is 37.7 Å². The third-order valence-electron chi connectivity index (χ3n) is 4.86. The second kappa shape index (κ2) is 8.66. The maximum atomic E-state index is 13.2. The van der Waals surface area contributed by atoms with Crippen molar-refractivity contribution in [1.29, 1.82) is 0 Å². The summed E-state index contributed by atoms with van der Waals surface area (Å²) in [6, 6.07) is 16.0. The topological polar surface area (TPSA) is 70.5 Å². The number of anilines is 2. The van der Waals surface area contributed by atoms with Gasteiger partial charge in [-0.1, -0.05) is 12.1 Å². The predicted octanol–water partition coefficient (Wildman–Crippen LogP) is 3.49. The van der Waals surface area contributed by atoms with Crippen LogP contribution in [-0.4, -0.2) is 46.9 Å². The van der Waals surface area contributed by atoms with Crippen molar-refractivity contribution < 1.29 is 9.18 Å². The molecule has 1 aliphatic heterocycles. The van der Waals surface area contributed by atoms with Crippen molar-refractivity contribution in [3.63, 3.8) is 0 Å². The number of carbonyl (C=O) groups is 1. The van der Waals surface area contributed by atoms with Crippen molar-refractivity contribution in [3.8, 4) is 5.69 Å². The van der Waals surface area contributed by atoms with E-state index in [1.807, 2.05) is 29.2 Å². The van der Waals surface area contributed by atoms with Crippen LogP contribution in [0.25, 0.3) is 5.69 Å². The Hall–Kier alpha value is -3.20. The Morgan fingerprint density at radius 2 is 1.67 bits per heavy atom. The Labute approximate surface area is 180 Å². The van der Waals surface area contributed by atoms with Crippen LogP contribution in [0.4, 0.5) is 20.7 Å². The molecular formula is C21H19BrFN5O2. The van der Waals surface area contributed by atoms with Gasteiger partial charge in [0.05, 0.1) is 11.4 Å². The largest absolute Gasteiger partial charge is 0.352 e. The lowest BCUT2D eigenvalue weighted by molar-refractivity contribution is 0.208. The number of urea groups is 1. The van der Waals surface area contributed by atoms with Gasteiger partial charge in [-0.2, -0.15) is 4.68 Å². The molecule has 9 heteroatoms. The molecule has 0 bridgehead atoms. The summed E-state index contributed by atoms with van der Waals surface area (Å²) in [5.41, 5.74) is 0.921. The van der Waals surface area contributed by atoms with E-state index in [4.69, 9.17) is 0 Å². The molecule has 0 unspecified atom stereocenters. The number of hydrogen-bond acceptors (Lipinski definition) is 4. The van der Waals surface area contributed by atoms with Gasteiger partial charge in [0.15, 0.2) is 0 Å². The van der Waals surface area contributed by atoms with E-state index in [1.54, 1.807) is 11.0 Å². The highest BCUT2D eigenvalue weighted by molar-refractivity contribution is 9.10. The fourth-order valence-corrected chi connectivity index (χ4v) is 3.62. The van der Waals surface area contributed by atoms with Gasteiger partial charge in [0.2, 0.25) is 0 Å². The lowest BCUT2D eigenvalue weighted by Crippen LogP contribution is -2.50. The van der Waals surface area contributed by atoms with Gasteiger partial charge in [0.25, 0.3) is 5.56 Å². The average Bonchev–Trinajstić information content (AvgIpc) is 2.76. The van der Waals surface area contributed by atoms with Crippen LogP contribution < -0.4 is 15.8 Å². The van der Waals surface area contributed by atoms with Crippen molar-refractivity contribution >= 4 is 33.5 Å². The van der Waals surface area contributed by atoms with E-state index in [1.165, 1.54) is 35.0 Å². The minimum atomic E-state index is -0.375. The molecule has 3 aromatic rings. The first kappa shape index (κ1) is 20.1. The molecule has 154 valence electrons. The first-order chi connectivity index (χ1) is 14.5. The first-order valence-corrected chi connectivity index (χ1v) is 10.2. The van der Waals surface area contributed by atoms with E-state index in [2.05, 4.69) is 26.3 Å². The van der Waals surface area contributed by atoms with Crippen molar-refractivity contribution in [2.45, 2.75) is 0 Å². The highest BCUT2D eigenvalue weighted by Gasteiger charge is 2.23.